The molecule has 1 aromatic carbocycles. The molecule has 1 aliphatic rings. The van der Waals surface area contributed by atoms with Crippen LogP contribution in [0.2, 0.25) is 0 Å². The van der Waals surface area contributed by atoms with Gasteiger partial charge in [-0.1, -0.05) is 30.3 Å². The van der Waals surface area contributed by atoms with Gasteiger partial charge in [-0.05, 0) is 30.5 Å². The van der Waals surface area contributed by atoms with Crippen LogP contribution in [0.3, 0.4) is 0 Å². The zero-order valence-electron chi connectivity index (χ0n) is 12.0. The lowest BCUT2D eigenvalue weighted by molar-refractivity contribution is 0.0951. The maximum Gasteiger partial charge on any atom is 0.255 e. The fraction of sp³-hybridized carbons (Fsp3) is 0.294. The third-order valence-corrected chi connectivity index (χ3v) is 3.73. The second kappa shape index (κ2) is 6.39. The van der Waals surface area contributed by atoms with E-state index in [1.54, 1.807) is 6.20 Å². The quantitative estimate of drug-likeness (QED) is 0.937. The van der Waals surface area contributed by atoms with E-state index in [1.807, 2.05) is 42.5 Å². The highest BCUT2D eigenvalue weighted by atomic mass is 16.1. The number of nitrogens with zero attached hydrogens (tertiary/aromatic N) is 2. The van der Waals surface area contributed by atoms with Gasteiger partial charge in [-0.15, -0.1) is 0 Å². The normalized spacial score (nSPS) is 14.2. The minimum Gasteiger partial charge on any atom is -0.356 e. The number of carbonyl (C=O) groups excluding carboxylic acids is 1. The van der Waals surface area contributed by atoms with Gasteiger partial charge in [-0.3, -0.25) is 4.79 Å². The molecule has 0 radical (unpaired) electrons. The lowest BCUT2D eigenvalue weighted by Gasteiger charge is -2.19. The van der Waals surface area contributed by atoms with Crippen molar-refractivity contribution in [3.63, 3.8) is 0 Å². The van der Waals surface area contributed by atoms with Crippen molar-refractivity contribution in [3.05, 3.63) is 59.8 Å². The van der Waals surface area contributed by atoms with Crippen molar-refractivity contribution in [1.82, 2.24) is 10.3 Å². The Hall–Kier alpha value is -2.36. The average molecular weight is 281 g/mol. The average Bonchev–Trinajstić information content (AvgIpc) is 3.08. The Morgan fingerprint density at radius 3 is 2.62 bits per heavy atom. The Morgan fingerprint density at radius 1 is 1.10 bits per heavy atom. The molecule has 0 aliphatic carbocycles. The molecule has 2 heterocycles. The van der Waals surface area contributed by atoms with Crippen LogP contribution in [0.4, 0.5) is 5.82 Å². The number of hydrogen-bond donors (Lipinski definition) is 1. The monoisotopic (exact) mass is 281 g/mol. The first-order chi connectivity index (χ1) is 10.3. The van der Waals surface area contributed by atoms with Crippen molar-refractivity contribution < 1.29 is 4.79 Å². The minimum absolute atomic E-state index is 0.0612. The SMILES string of the molecule is O=C(NCc1ccccc1)c1cccnc1N1CCCC1. The highest BCUT2D eigenvalue weighted by molar-refractivity contribution is 5.98. The molecule has 4 nitrogen and oxygen atoms in total. The zero-order valence-corrected chi connectivity index (χ0v) is 12.0. The predicted molar refractivity (Wildman–Crippen MR) is 83.3 cm³/mol. The third kappa shape index (κ3) is 3.21. The third-order valence-electron chi connectivity index (χ3n) is 3.73. The number of hydrogen-bond acceptors (Lipinski definition) is 3. The number of amides is 1. The van der Waals surface area contributed by atoms with Crippen LogP contribution in [0, 0.1) is 0 Å². The lowest BCUT2D eigenvalue weighted by atomic mass is 10.2. The Labute approximate surface area is 124 Å². The van der Waals surface area contributed by atoms with Crippen LogP contribution in [0.5, 0.6) is 0 Å². The first-order valence-corrected chi connectivity index (χ1v) is 7.37. The van der Waals surface area contributed by atoms with Gasteiger partial charge in [0.1, 0.15) is 5.82 Å². The number of anilines is 1. The predicted octanol–water partition coefficient (Wildman–Crippen LogP) is 2.61. The molecule has 1 fully saturated rings. The van der Waals surface area contributed by atoms with E-state index in [9.17, 15) is 4.79 Å². The van der Waals surface area contributed by atoms with E-state index in [2.05, 4.69) is 15.2 Å². The summed E-state index contributed by atoms with van der Waals surface area (Å²) >= 11 is 0. The van der Waals surface area contributed by atoms with E-state index in [0.29, 0.717) is 12.1 Å². The van der Waals surface area contributed by atoms with Crippen molar-refractivity contribution in [1.29, 1.82) is 0 Å². The Balaban J connectivity index is 1.72. The summed E-state index contributed by atoms with van der Waals surface area (Å²) in [6, 6.07) is 13.6. The second-order valence-electron chi connectivity index (χ2n) is 5.24. The molecule has 4 heteroatoms. The molecule has 1 amide bonds. The maximum absolute atomic E-state index is 12.4. The number of nitrogens with one attached hydrogen (secondary N) is 1. The first kappa shape index (κ1) is 13.6. The van der Waals surface area contributed by atoms with Crippen LogP contribution in [-0.2, 0) is 6.54 Å². The van der Waals surface area contributed by atoms with E-state index in [4.69, 9.17) is 0 Å². The summed E-state index contributed by atoms with van der Waals surface area (Å²) in [5, 5.41) is 2.97. The standard InChI is InChI=1S/C17H19N3O/c21-17(19-13-14-7-2-1-3-8-14)15-9-6-10-18-16(15)20-11-4-5-12-20/h1-3,6-10H,4-5,11-13H2,(H,19,21). The molecule has 1 aromatic heterocycles. The smallest absolute Gasteiger partial charge is 0.255 e. The molecule has 1 N–H and O–H groups in total. The van der Waals surface area contributed by atoms with Gasteiger partial charge in [-0.25, -0.2) is 4.98 Å². The Morgan fingerprint density at radius 2 is 1.86 bits per heavy atom. The molecule has 2 aromatic rings. The van der Waals surface area contributed by atoms with Crippen LogP contribution in [-0.4, -0.2) is 24.0 Å². The topological polar surface area (TPSA) is 45.2 Å². The maximum atomic E-state index is 12.4. The van der Waals surface area contributed by atoms with Gasteiger partial charge in [0.15, 0.2) is 0 Å². The van der Waals surface area contributed by atoms with E-state index < -0.39 is 0 Å². The summed E-state index contributed by atoms with van der Waals surface area (Å²) in [6.45, 7) is 2.50. The molecule has 0 saturated carbocycles. The Bertz CT molecular complexity index is 606. The molecule has 0 spiro atoms. The number of aromatic nitrogens is 1. The number of carbonyl (C=O) groups is 1. The summed E-state index contributed by atoms with van der Waals surface area (Å²) in [6.07, 6.45) is 4.09. The van der Waals surface area contributed by atoms with Crippen molar-refractivity contribution in [2.45, 2.75) is 19.4 Å². The highest BCUT2D eigenvalue weighted by Gasteiger charge is 2.20. The largest absolute Gasteiger partial charge is 0.356 e. The summed E-state index contributed by atoms with van der Waals surface area (Å²) in [7, 11) is 0. The van der Waals surface area contributed by atoms with Gasteiger partial charge in [0.25, 0.3) is 5.91 Å². The second-order valence-corrected chi connectivity index (χ2v) is 5.24. The van der Waals surface area contributed by atoms with E-state index >= 15 is 0 Å². The molecule has 3 rings (SSSR count). The van der Waals surface area contributed by atoms with Gasteiger partial charge in [0.05, 0.1) is 5.56 Å². The minimum atomic E-state index is -0.0612. The molecular weight excluding hydrogens is 262 g/mol. The van der Waals surface area contributed by atoms with E-state index in [-0.39, 0.29) is 5.91 Å². The molecular formula is C17H19N3O. The van der Waals surface area contributed by atoms with Crippen molar-refractivity contribution in [2.24, 2.45) is 0 Å². The van der Waals surface area contributed by atoms with Gasteiger partial charge in [0.2, 0.25) is 0 Å². The fourth-order valence-electron chi connectivity index (χ4n) is 2.63. The van der Waals surface area contributed by atoms with E-state index in [1.165, 1.54) is 12.8 Å². The molecule has 0 atom stereocenters. The van der Waals surface area contributed by atoms with Gasteiger partial charge < -0.3 is 10.2 Å². The van der Waals surface area contributed by atoms with Gasteiger partial charge >= 0.3 is 0 Å². The highest BCUT2D eigenvalue weighted by Crippen LogP contribution is 2.21. The summed E-state index contributed by atoms with van der Waals surface area (Å²) in [5.74, 6) is 0.745. The zero-order chi connectivity index (χ0) is 14.5. The fourth-order valence-corrected chi connectivity index (χ4v) is 2.63. The van der Waals surface area contributed by atoms with Gasteiger partial charge in [-0.2, -0.15) is 0 Å². The first-order valence-electron chi connectivity index (χ1n) is 7.37. The Kier molecular flexibility index (Phi) is 4.15. The number of rotatable bonds is 4. The summed E-state index contributed by atoms with van der Waals surface area (Å²) < 4.78 is 0. The van der Waals surface area contributed by atoms with Crippen LogP contribution in [0.1, 0.15) is 28.8 Å². The number of pyridine rings is 1. The van der Waals surface area contributed by atoms with Crippen LogP contribution >= 0.6 is 0 Å². The van der Waals surface area contributed by atoms with E-state index in [0.717, 1.165) is 24.5 Å². The molecule has 21 heavy (non-hydrogen) atoms. The van der Waals surface area contributed by atoms with Crippen LogP contribution in [0.15, 0.2) is 48.7 Å². The van der Waals surface area contributed by atoms with Gasteiger partial charge in [0, 0.05) is 25.8 Å². The molecule has 0 bridgehead atoms. The molecule has 0 unspecified atom stereocenters. The van der Waals surface area contributed by atoms with Crippen LogP contribution in [0.25, 0.3) is 0 Å². The molecule has 108 valence electrons. The number of benzene rings is 1. The van der Waals surface area contributed by atoms with Crippen molar-refractivity contribution in [2.75, 3.05) is 18.0 Å². The molecule has 1 saturated heterocycles. The van der Waals surface area contributed by atoms with Crippen molar-refractivity contribution >= 4 is 11.7 Å². The van der Waals surface area contributed by atoms with Crippen molar-refractivity contribution in [3.8, 4) is 0 Å². The van der Waals surface area contributed by atoms with Crippen LogP contribution < -0.4 is 10.2 Å². The summed E-state index contributed by atoms with van der Waals surface area (Å²) in [4.78, 5) is 19.0. The lowest BCUT2D eigenvalue weighted by Crippen LogP contribution is -2.27. The molecule has 1 aliphatic heterocycles. The summed E-state index contributed by atoms with van der Waals surface area (Å²) in [5.41, 5.74) is 1.76.